The van der Waals surface area contributed by atoms with Gasteiger partial charge in [0.1, 0.15) is 5.75 Å². The SMILES string of the molecule is CCOc1ccc(C(=O)c2c(OC)cnn2C(C)C)cc1. The van der Waals surface area contributed by atoms with E-state index in [2.05, 4.69) is 5.10 Å². The predicted molar refractivity (Wildman–Crippen MR) is 80.2 cm³/mol. The normalized spacial score (nSPS) is 10.7. The van der Waals surface area contributed by atoms with Gasteiger partial charge in [0.15, 0.2) is 11.4 Å². The van der Waals surface area contributed by atoms with Gasteiger partial charge in [-0.3, -0.25) is 9.48 Å². The molecule has 0 amide bonds. The minimum absolute atomic E-state index is 0.0792. The summed E-state index contributed by atoms with van der Waals surface area (Å²) in [5, 5.41) is 4.23. The third kappa shape index (κ3) is 3.07. The minimum atomic E-state index is -0.110. The fraction of sp³-hybridized carbons (Fsp3) is 0.375. The Morgan fingerprint density at radius 2 is 1.95 bits per heavy atom. The van der Waals surface area contributed by atoms with Gasteiger partial charge >= 0.3 is 0 Å². The molecular weight excluding hydrogens is 268 g/mol. The van der Waals surface area contributed by atoms with E-state index in [4.69, 9.17) is 9.47 Å². The molecule has 0 unspecified atom stereocenters. The van der Waals surface area contributed by atoms with Crippen LogP contribution in [0.15, 0.2) is 30.5 Å². The van der Waals surface area contributed by atoms with Gasteiger partial charge in [0.05, 0.1) is 19.9 Å². The lowest BCUT2D eigenvalue weighted by atomic mass is 10.1. The molecule has 0 saturated carbocycles. The molecule has 0 aliphatic rings. The molecule has 1 aromatic heterocycles. The van der Waals surface area contributed by atoms with Gasteiger partial charge in [-0.25, -0.2) is 0 Å². The highest BCUT2D eigenvalue weighted by atomic mass is 16.5. The second-order valence-electron chi connectivity index (χ2n) is 4.89. The van der Waals surface area contributed by atoms with Gasteiger partial charge < -0.3 is 9.47 Å². The van der Waals surface area contributed by atoms with E-state index < -0.39 is 0 Å². The third-order valence-corrected chi connectivity index (χ3v) is 3.11. The first-order valence-corrected chi connectivity index (χ1v) is 6.97. The van der Waals surface area contributed by atoms with Gasteiger partial charge in [-0.2, -0.15) is 5.10 Å². The van der Waals surface area contributed by atoms with Gasteiger partial charge in [0.2, 0.25) is 5.78 Å². The van der Waals surface area contributed by atoms with Crippen molar-refractivity contribution in [2.45, 2.75) is 26.8 Å². The van der Waals surface area contributed by atoms with Crippen LogP contribution in [0.25, 0.3) is 0 Å². The van der Waals surface area contributed by atoms with Crippen molar-refractivity contribution in [2.24, 2.45) is 0 Å². The summed E-state index contributed by atoms with van der Waals surface area (Å²) in [6, 6.07) is 7.17. The number of ether oxygens (including phenoxy) is 2. The van der Waals surface area contributed by atoms with Crippen molar-refractivity contribution in [1.82, 2.24) is 9.78 Å². The van der Waals surface area contributed by atoms with Crippen LogP contribution in [0.4, 0.5) is 0 Å². The van der Waals surface area contributed by atoms with Crippen LogP contribution in [0, 0.1) is 0 Å². The Hall–Kier alpha value is -2.30. The molecule has 0 fully saturated rings. The van der Waals surface area contributed by atoms with E-state index >= 15 is 0 Å². The molecule has 0 N–H and O–H groups in total. The Balaban J connectivity index is 2.37. The summed E-state index contributed by atoms with van der Waals surface area (Å²) in [6.45, 7) is 6.47. The summed E-state index contributed by atoms with van der Waals surface area (Å²) in [7, 11) is 1.54. The van der Waals surface area contributed by atoms with Crippen LogP contribution < -0.4 is 9.47 Å². The van der Waals surface area contributed by atoms with Crippen LogP contribution in [0.2, 0.25) is 0 Å². The molecule has 2 rings (SSSR count). The summed E-state index contributed by atoms with van der Waals surface area (Å²) in [5.41, 5.74) is 1.05. The first-order chi connectivity index (χ1) is 10.1. The lowest BCUT2D eigenvalue weighted by Gasteiger charge is -2.11. The van der Waals surface area contributed by atoms with E-state index in [1.54, 1.807) is 35.1 Å². The fourth-order valence-corrected chi connectivity index (χ4v) is 2.11. The van der Waals surface area contributed by atoms with E-state index in [0.29, 0.717) is 23.6 Å². The number of ketones is 1. The van der Waals surface area contributed by atoms with Gasteiger partial charge in [-0.15, -0.1) is 0 Å². The largest absolute Gasteiger partial charge is 0.494 e. The maximum absolute atomic E-state index is 12.7. The molecule has 21 heavy (non-hydrogen) atoms. The predicted octanol–water partition coefficient (Wildman–Crippen LogP) is 3.10. The van der Waals surface area contributed by atoms with Crippen LogP contribution in [0.1, 0.15) is 42.9 Å². The van der Waals surface area contributed by atoms with Gasteiger partial charge in [-0.05, 0) is 45.0 Å². The van der Waals surface area contributed by atoms with Crippen molar-refractivity contribution in [3.05, 3.63) is 41.7 Å². The van der Waals surface area contributed by atoms with Gasteiger partial charge in [0.25, 0.3) is 0 Å². The number of benzene rings is 1. The summed E-state index contributed by atoms with van der Waals surface area (Å²) in [5.74, 6) is 1.13. The summed E-state index contributed by atoms with van der Waals surface area (Å²) < 4.78 is 12.3. The van der Waals surface area contributed by atoms with Crippen LogP contribution in [0.3, 0.4) is 0 Å². The molecule has 0 radical (unpaired) electrons. The molecule has 0 bridgehead atoms. The monoisotopic (exact) mass is 288 g/mol. The summed E-state index contributed by atoms with van der Waals surface area (Å²) in [6.07, 6.45) is 1.57. The molecule has 0 saturated heterocycles. The third-order valence-electron chi connectivity index (χ3n) is 3.11. The smallest absolute Gasteiger partial charge is 0.214 e. The Bertz CT molecular complexity index is 615. The first kappa shape index (κ1) is 15.1. The van der Waals surface area contributed by atoms with Crippen LogP contribution in [-0.2, 0) is 0 Å². The first-order valence-electron chi connectivity index (χ1n) is 6.97. The second-order valence-corrected chi connectivity index (χ2v) is 4.89. The summed E-state index contributed by atoms with van der Waals surface area (Å²) in [4.78, 5) is 12.7. The maximum atomic E-state index is 12.7. The van der Waals surface area contributed by atoms with Crippen LogP contribution >= 0.6 is 0 Å². The van der Waals surface area contributed by atoms with E-state index in [0.717, 1.165) is 5.75 Å². The van der Waals surface area contributed by atoms with Crippen molar-refractivity contribution in [1.29, 1.82) is 0 Å². The fourth-order valence-electron chi connectivity index (χ4n) is 2.11. The average Bonchev–Trinajstić information content (AvgIpc) is 2.91. The molecule has 0 spiro atoms. The van der Waals surface area contributed by atoms with Gasteiger partial charge in [0, 0.05) is 11.6 Å². The number of methoxy groups -OCH3 is 1. The maximum Gasteiger partial charge on any atom is 0.214 e. The molecular formula is C16H20N2O3. The molecule has 2 aromatic rings. The lowest BCUT2D eigenvalue weighted by molar-refractivity contribution is 0.102. The molecule has 5 heteroatoms. The Morgan fingerprint density at radius 3 is 2.48 bits per heavy atom. The highest BCUT2D eigenvalue weighted by molar-refractivity contribution is 6.09. The topological polar surface area (TPSA) is 53.4 Å². The molecule has 1 heterocycles. The number of carbonyl (C=O) groups excluding carboxylic acids is 1. The van der Waals surface area contributed by atoms with E-state index in [9.17, 15) is 4.79 Å². The number of carbonyl (C=O) groups is 1. The Labute approximate surface area is 124 Å². The Morgan fingerprint density at radius 1 is 1.29 bits per heavy atom. The second kappa shape index (κ2) is 6.43. The van der Waals surface area contributed by atoms with Crippen LogP contribution in [0.5, 0.6) is 11.5 Å². The number of nitrogens with zero attached hydrogens (tertiary/aromatic N) is 2. The molecule has 0 aliphatic carbocycles. The lowest BCUT2D eigenvalue weighted by Crippen LogP contribution is -2.14. The number of rotatable bonds is 6. The van der Waals surface area contributed by atoms with E-state index in [1.165, 1.54) is 7.11 Å². The van der Waals surface area contributed by atoms with Gasteiger partial charge in [-0.1, -0.05) is 0 Å². The highest BCUT2D eigenvalue weighted by Gasteiger charge is 2.22. The zero-order valence-electron chi connectivity index (χ0n) is 12.8. The average molecular weight is 288 g/mol. The molecule has 1 aromatic carbocycles. The minimum Gasteiger partial charge on any atom is -0.494 e. The molecule has 0 atom stereocenters. The number of aromatic nitrogens is 2. The molecule has 0 aliphatic heterocycles. The van der Waals surface area contributed by atoms with E-state index in [-0.39, 0.29) is 11.8 Å². The van der Waals surface area contributed by atoms with Crippen molar-refractivity contribution in [3.63, 3.8) is 0 Å². The van der Waals surface area contributed by atoms with Crippen LogP contribution in [-0.4, -0.2) is 29.3 Å². The standard InChI is InChI=1S/C16H20N2O3/c1-5-21-13-8-6-12(7-9-13)16(19)15-14(20-4)10-17-18(15)11(2)3/h6-11H,5H2,1-4H3. The number of hydrogen-bond donors (Lipinski definition) is 0. The van der Waals surface area contributed by atoms with E-state index in [1.807, 2.05) is 20.8 Å². The Kier molecular flexibility index (Phi) is 4.62. The van der Waals surface area contributed by atoms with Crippen molar-refractivity contribution >= 4 is 5.78 Å². The summed E-state index contributed by atoms with van der Waals surface area (Å²) >= 11 is 0. The zero-order valence-corrected chi connectivity index (χ0v) is 12.8. The zero-order chi connectivity index (χ0) is 15.4. The highest BCUT2D eigenvalue weighted by Crippen LogP contribution is 2.25. The van der Waals surface area contributed by atoms with Crippen molar-refractivity contribution in [2.75, 3.05) is 13.7 Å². The molecule has 5 nitrogen and oxygen atoms in total. The molecule has 112 valence electrons. The van der Waals surface area contributed by atoms with Crippen molar-refractivity contribution < 1.29 is 14.3 Å². The number of hydrogen-bond acceptors (Lipinski definition) is 4. The quantitative estimate of drug-likeness (QED) is 0.766. The van der Waals surface area contributed by atoms with Crippen molar-refractivity contribution in [3.8, 4) is 11.5 Å².